The second kappa shape index (κ2) is 9.58. The summed E-state index contributed by atoms with van der Waals surface area (Å²) in [6.45, 7) is 7.29. The molecule has 0 aromatic heterocycles. The molecule has 4 rings (SSSR count). The minimum atomic E-state index is -0.503. The lowest BCUT2D eigenvalue weighted by Crippen LogP contribution is -2.46. The Hall–Kier alpha value is -1.46. The number of amides is 1. The molecule has 1 saturated heterocycles. The van der Waals surface area contributed by atoms with Gasteiger partial charge in [-0.25, -0.2) is 0 Å². The van der Waals surface area contributed by atoms with E-state index in [1.54, 1.807) is 6.07 Å². The zero-order chi connectivity index (χ0) is 22.0. The molecule has 1 atom stereocenters. The summed E-state index contributed by atoms with van der Waals surface area (Å²) < 4.78 is 0. The average Bonchev–Trinajstić information content (AvgIpc) is 3.03. The van der Waals surface area contributed by atoms with Crippen molar-refractivity contribution in [2.24, 2.45) is 0 Å². The molecule has 2 aliphatic rings. The number of nitrogens with zero attached hydrogens (tertiary/aromatic N) is 2. The summed E-state index contributed by atoms with van der Waals surface area (Å²) in [5.74, 6) is 0.0694. The van der Waals surface area contributed by atoms with E-state index < -0.39 is 5.41 Å². The Kier molecular flexibility index (Phi) is 7.02. The molecule has 1 amide bonds. The largest absolute Gasteiger partial charge is 0.369 e. The topological polar surface area (TPSA) is 35.6 Å². The number of hydrogen-bond acceptors (Lipinski definition) is 3. The number of anilines is 2. The van der Waals surface area contributed by atoms with Crippen molar-refractivity contribution in [2.75, 3.05) is 42.9 Å². The van der Waals surface area contributed by atoms with E-state index in [4.69, 9.17) is 34.8 Å². The van der Waals surface area contributed by atoms with Gasteiger partial charge in [-0.15, -0.1) is 0 Å². The number of hydrogen-bond donors (Lipinski definition) is 1. The third-order valence-electron chi connectivity index (χ3n) is 6.75. The molecule has 2 heterocycles. The summed E-state index contributed by atoms with van der Waals surface area (Å²) in [5, 5.41) is 4.77. The molecule has 0 aliphatic carbocycles. The van der Waals surface area contributed by atoms with Crippen molar-refractivity contribution in [1.82, 2.24) is 4.90 Å². The van der Waals surface area contributed by atoms with Gasteiger partial charge in [0, 0.05) is 42.6 Å². The van der Waals surface area contributed by atoms with Gasteiger partial charge in [0.05, 0.1) is 15.5 Å². The van der Waals surface area contributed by atoms with Gasteiger partial charge in [-0.1, -0.05) is 48.1 Å². The van der Waals surface area contributed by atoms with Gasteiger partial charge in [-0.2, -0.15) is 0 Å². The first-order valence-corrected chi connectivity index (χ1v) is 12.1. The third-order valence-corrected chi connectivity index (χ3v) is 7.73. The van der Waals surface area contributed by atoms with Crippen LogP contribution in [0, 0.1) is 0 Å². The molecule has 1 N–H and O–H groups in total. The van der Waals surface area contributed by atoms with Gasteiger partial charge in [-0.3, -0.25) is 9.69 Å². The van der Waals surface area contributed by atoms with Crippen LogP contribution in [0.2, 0.25) is 15.1 Å². The van der Waals surface area contributed by atoms with Crippen molar-refractivity contribution in [2.45, 2.75) is 38.0 Å². The highest BCUT2D eigenvalue weighted by Gasteiger charge is 2.45. The molecule has 2 aromatic rings. The number of unbranched alkanes of at least 4 members (excludes halogenated alkanes) is 1. The van der Waals surface area contributed by atoms with Crippen molar-refractivity contribution < 1.29 is 4.79 Å². The highest BCUT2D eigenvalue weighted by Crippen LogP contribution is 2.46. The minimum Gasteiger partial charge on any atom is -0.369 e. The summed E-state index contributed by atoms with van der Waals surface area (Å²) in [6.07, 6.45) is 3.65. The molecule has 0 spiro atoms. The first kappa shape index (κ1) is 22.7. The summed E-state index contributed by atoms with van der Waals surface area (Å²) >= 11 is 18.4. The van der Waals surface area contributed by atoms with Crippen LogP contribution in [-0.2, 0) is 10.2 Å². The van der Waals surface area contributed by atoms with Crippen LogP contribution in [0.3, 0.4) is 0 Å². The second-order valence-corrected chi connectivity index (χ2v) is 9.71. The predicted molar refractivity (Wildman–Crippen MR) is 131 cm³/mol. The molecule has 1 fully saturated rings. The van der Waals surface area contributed by atoms with Crippen LogP contribution in [0.15, 0.2) is 36.4 Å². The number of carbonyl (C=O) groups excluding carboxylic acids is 1. The summed E-state index contributed by atoms with van der Waals surface area (Å²) in [5.41, 5.74) is 2.53. The fourth-order valence-electron chi connectivity index (χ4n) is 4.83. The van der Waals surface area contributed by atoms with Crippen molar-refractivity contribution in [1.29, 1.82) is 0 Å². The van der Waals surface area contributed by atoms with E-state index >= 15 is 0 Å². The first-order chi connectivity index (χ1) is 14.9. The maximum atomic E-state index is 12.9. The van der Waals surface area contributed by atoms with Crippen molar-refractivity contribution >= 4 is 52.1 Å². The minimum absolute atomic E-state index is 0.0694. The van der Waals surface area contributed by atoms with Gasteiger partial charge in [-0.05, 0) is 67.8 Å². The predicted octanol–water partition coefficient (Wildman–Crippen LogP) is 6.24. The Morgan fingerprint density at radius 2 is 1.65 bits per heavy atom. The molecule has 0 saturated carbocycles. The van der Waals surface area contributed by atoms with E-state index in [9.17, 15) is 4.79 Å². The number of benzene rings is 2. The van der Waals surface area contributed by atoms with Crippen LogP contribution < -0.4 is 10.2 Å². The van der Waals surface area contributed by atoms with Gasteiger partial charge in [0.1, 0.15) is 0 Å². The Morgan fingerprint density at radius 3 is 2.32 bits per heavy atom. The van der Waals surface area contributed by atoms with Crippen LogP contribution in [0.5, 0.6) is 0 Å². The van der Waals surface area contributed by atoms with Gasteiger partial charge >= 0.3 is 0 Å². The molecule has 0 radical (unpaired) electrons. The molecule has 7 heteroatoms. The number of piperazine rings is 1. The molecular formula is C24H28Cl3N3O. The lowest BCUT2D eigenvalue weighted by atomic mass is 9.75. The van der Waals surface area contributed by atoms with E-state index in [-0.39, 0.29) is 5.91 Å². The summed E-state index contributed by atoms with van der Waals surface area (Å²) in [4.78, 5) is 17.8. The second-order valence-electron chi connectivity index (χ2n) is 8.46. The van der Waals surface area contributed by atoms with E-state index in [1.165, 1.54) is 5.69 Å². The van der Waals surface area contributed by atoms with Crippen LogP contribution in [-0.4, -0.2) is 43.5 Å². The SMILES string of the molecule is CCC1(CCCCN2CCN(c3ccc(Cl)cc3)CC2)C(=O)Nc2cc(Cl)c(Cl)cc21. The zero-order valence-electron chi connectivity index (χ0n) is 17.8. The Morgan fingerprint density at radius 1 is 0.968 bits per heavy atom. The number of fused-ring (bicyclic) bond motifs is 1. The molecule has 0 bridgehead atoms. The normalized spacial score (nSPS) is 21.3. The van der Waals surface area contributed by atoms with E-state index in [0.717, 1.165) is 74.7 Å². The number of halogens is 3. The van der Waals surface area contributed by atoms with Crippen LogP contribution in [0.1, 0.15) is 38.2 Å². The molecular weight excluding hydrogens is 453 g/mol. The van der Waals surface area contributed by atoms with Crippen molar-refractivity contribution in [3.05, 3.63) is 57.0 Å². The van der Waals surface area contributed by atoms with E-state index in [1.807, 2.05) is 18.2 Å². The molecule has 2 aromatic carbocycles. The molecule has 2 aliphatic heterocycles. The van der Waals surface area contributed by atoms with Gasteiger partial charge in [0.2, 0.25) is 5.91 Å². The number of nitrogens with one attached hydrogen (secondary N) is 1. The molecule has 4 nitrogen and oxygen atoms in total. The quantitative estimate of drug-likeness (QED) is 0.476. The third kappa shape index (κ3) is 4.68. The maximum Gasteiger partial charge on any atom is 0.235 e. The fraction of sp³-hybridized carbons (Fsp3) is 0.458. The number of carbonyl (C=O) groups is 1. The van der Waals surface area contributed by atoms with E-state index in [0.29, 0.717) is 10.0 Å². The highest BCUT2D eigenvalue weighted by molar-refractivity contribution is 6.42. The maximum absolute atomic E-state index is 12.9. The van der Waals surface area contributed by atoms with Crippen LogP contribution in [0.25, 0.3) is 0 Å². The molecule has 1 unspecified atom stereocenters. The molecule has 166 valence electrons. The lowest BCUT2D eigenvalue weighted by molar-refractivity contribution is -0.121. The fourth-order valence-corrected chi connectivity index (χ4v) is 5.28. The van der Waals surface area contributed by atoms with Crippen molar-refractivity contribution in [3.8, 4) is 0 Å². The number of rotatable bonds is 7. The summed E-state index contributed by atoms with van der Waals surface area (Å²) in [7, 11) is 0. The summed E-state index contributed by atoms with van der Waals surface area (Å²) in [6, 6.07) is 11.7. The van der Waals surface area contributed by atoms with E-state index in [2.05, 4.69) is 34.2 Å². The Bertz CT molecular complexity index is 942. The van der Waals surface area contributed by atoms with Crippen LogP contribution in [0.4, 0.5) is 11.4 Å². The van der Waals surface area contributed by atoms with Gasteiger partial charge in [0.15, 0.2) is 0 Å². The Labute approximate surface area is 199 Å². The van der Waals surface area contributed by atoms with Gasteiger partial charge < -0.3 is 10.2 Å². The van der Waals surface area contributed by atoms with Gasteiger partial charge in [0.25, 0.3) is 0 Å². The molecule has 31 heavy (non-hydrogen) atoms. The average molecular weight is 481 g/mol. The smallest absolute Gasteiger partial charge is 0.235 e. The van der Waals surface area contributed by atoms with Crippen molar-refractivity contribution in [3.63, 3.8) is 0 Å². The lowest BCUT2D eigenvalue weighted by Gasteiger charge is -2.36. The zero-order valence-corrected chi connectivity index (χ0v) is 20.0. The standard InChI is InChI=1S/C24H28Cl3N3O/c1-2-24(19-15-20(26)21(27)16-22(19)28-23(24)31)9-3-4-10-29-11-13-30(14-12-29)18-7-5-17(25)6-8-18/h5-8,15-16H,2-4,9-14H2,1H3,(H,28,31). The Balaban J connectivity index is 1.29. The highest BCUT2D eigenvalue weighted by atomic mass is 35.5. The van der Waals surface area contributed by atoms with Crippen LogP contribution >= 0.6 is 34.8 Å². The monoisotopic (exact) mass is 479 g/mol. The first-order valence-electron chi connectivity index (χ1n) is 11.0.